The van der Waals surface area contributed by atoms with Gasteiger partial charge in [0.15, 0.2) is 0 Å². The van der Waals surface area contributed by atoms with Crippen LogP contribution in [-0.4, -0.2) is 23.6 Å². The highest BCUT2D eigenvalue weighted by Crippen LogP contribution is 2.26. The van der Waals surface area contributed by atoms with Crippen molar-refractivity contribution in [2.24, 2.45) is 0 Å². The van der Waals surface area contributed by atoms with E-state index in [2.05, 4.69) is 46.2 Å². The first-order chi connectivity index (χ1) is 12.2. The Labute approximate surface area is 148 Å². The molecule has 1 aromatic heterocycles. The fraction of sp³-hybridized carbons (Fsp3) is 0.238. The molecule has 25 heavy (non-hydrogen) atoms. The summed E-state index contributed by atoms with van der Waals surface area (Å²) in [6.45, 7) is 3.86. The van der Waals surface area contributed by atoms with E-state index in [1.807, 2.05) is 38.2 Å². The fourth-order valence-electron chi connectivity index (χ4n) is 3.30. The summed E-state index contributed by atoms with van der Waals surface area (Å²) in [4.78, 5) is 13.9. The van der Waals surface area contributed by atoms with E-state index in [0.29, 0.717) is 0 Å². The normalized spacial score (nSPS) is 13.4. The molecule has 0 saturated heterocycles. The number of benzene rings is 2. The van der Waals surface area contributed by atoms with Crippen LogP contribution in [0.25, 0.3) is 0 Å². The van der Waals surface area contributed by atoms with Crippen molar-refractivity contribution in [3.8, 4) is 0 Å². The van der Waals surface area contributed by atoms with E-state index in [9.17, 15) is 0 Å². The monoisotopic (exact) mass is 330 g/mol. The van der Waals surface area contributed by atoms with Gasteiger partial charge in [0.2, 0.25) is 5.95 Å². The Kier molecular flexibility index (Phi) is 4.10. The Morgan fingerprint density at radius 2 is 1.64 bits per heavy atom. The zero-order chi connectivity index (χ0) is 17.2. The van der Waals surface area contributed by atoms with Gasteiger partial charge < -0.3 is 9.80 Å². The molecule has 0 N–H and O–H groups in total. The Balaban J connectivity index is 1.64. The zero-order valence-electron chi connectivity index (χ0n) is 14.7. The van der Waals surface area contributed by atoms with Crippen molar-refractivity contribution in [2.75, 3.05) is 23.4 Å². The van der Waals surface area contributed by atoms with Crippen LogP contribution in [0.15, 0.2) is 60.7 Å². The highest BCUT2D eigenvalue weighted by molar-refractivity contribution is 5.60. The van der Waals surface area contributed by atoms with E-state index in [4.69, 9.17) is 9.97 Å². The largest absolute Gasteiger partial charge is 0.336 e. The second kappa shape index (κ2) is 6.55. The standard InChI is InChI=1S/C21H22N4/c1-16-14-20(24(2)19-10-4-3-5-11-19)23-21(22-16)25-13-12-17-8-6-7-9-18(17)15-25/h3-11,14H,12-13,15H2,1-2H3. The fourth-order valence-corrected chi connectivity index (χ4v) is 3.30. The quantitative estimate of drug-likeness (QED) is 0.723. The molecule has 3 aromatic rings. The van der Waals surface area contributed by atoms with Crippen molar-refractivity contribution in [1.82, 2.24) is 9.97 Å². The van der Waals surface area contributed by atoms with E-state index in [1.54, 1.807) is 0 Å². The van der Waals surface area contributed by atoms with Gasteiger partial charge in [-0.25, -0.2) is 4.98 Å². The summed E-state index contributed by atoms with van der Waals surface area (Å²) >= 11 is 0. The lowest BCUT2D eigenvalue weighted by Crippen LogP contribution is -2.32. The van der Waals surface area contributed by atoms with Crippen molar-refractivity contribution in [3.05, 3.63) is 77.5 Å². The minimum Gasteiger partial charge on any atom is -0.336 e. The zero-order valence-corrected chi connectivity index (χ0v) is 14.7. The molecule has 1 aliphatic heterocycles. The molecule has 0 atom stereocenters. The first kappa shape index (κ1) is 15.6. The molecule has 0 amide bonds. The molecule has 0 radical (unpaired) electrons. The third-order valence-corrected chi connectivity index (χ3v) is 4.73. The maximum atomic E-state index is 4.85. The molecule has 126 valence electrons. The number of para-hydroxylation sites is 1. The molecular weight excluding hydrogens is 308 g/mol. The number of nitrogens with zero attached hydrogens (tertiary/aromatic N) is 4. The molecule has 0 bridgehead atoms. The summed E-state index contributed by atoms with van der Waals surface area (Å²) in [7, 11) is 2.05. The first-order valence-corrected chi connectivity index (χ1v) is 8.67. The number of anilines is 3. The molecule has 4 rings (SSSR count). The number of hydrogen-bond acceptors (Lipinski definition) is 4. The molecule has 0 fully saturated rings. The second-order valence-corrected chi connectivity index (χ2v) is 6.50. The summed E-state index contributed by atoms with van der Waals surface area (Å²) in [6.07, 6.45) is 1.04. The average molecular weight is 330 g/mol. The van der Waals surface area contributed by atoms with Crippen LogP contribution >= 0.6 is 0 Å². The number of aryl methyl sites for hydroxylation is 1. The van der Waals surface area contributed by atoms with Crippen molar-refractivity contribution >= 4 is 17.5 Å². The van der Waals surface area contributed by atoms with E-state index in [0.717, 1.165) is 42.7 Å². The number of fused-ring (bicyclic) bond motifs is 1. The maximum Gasteiger partial charge on any atom is 0.227 e. The van der Waals surface area contributed by atoms with Crippen LogP contribution in [0.5, 0.6) is 0 Å². The van der Waals surface area contributed by atoms with Gasteiger partial charge in [-0.15, -0.1) is 0 Å². The molecule has 2 heterocycles. The Hall–Kier alpha value is -2.88. The first-order valence-electron chi connectivity index (χ1n) is 8.67. The summed E-state index contributed by atoms with van der Waals surface area (Å²) in [6, 6.07) is 21.0. The summed E-state index contributed by atoms with van der Waals surface area (Å²) < 4.78 is 0. The lowest BCUT2D eigenvalue weighted by atomic mass is 10.0. The van der Waals surface area contributed by atoms with Gasteiger partial charge in [0.25, 0.3) is 0 Å². The van der Waals surface area contributed by atoms with E-state index in [-0.39, 0.29) is 0 Å². The van der Waals surface area contributed by atoms with Gasteiger partial charge in [-0.05, 0) is 36.6 Å². The molecule has 1 aliphatic rings. The lowest BCUT2D eigenvalue weighted by molar-refractivity contribution is 0.705. The van der Waals surface area contributed by atoms with Crippen LogP contribution in [0.1, 0.15) is 16.8 Å². The van der Waals surface area contributed by atoms with Gasteiger partial charge in [-0.2, -0.15) is 4.98 Å². The molecule has 0 saturated carbocycles. The Bertz CT molecular complexity index is 876. The van der Waals surface area contributed by atoms with Gasteiger partial charge in [0, 0.05) is 37.6 Å². The van der Waals surface area contributed by atoms with Gasteiger partial charge in [-0.1, -0.05) is 42.5 Å². The summed E-state index contributed by atoms with van der Waals surface area (Å²) in [5.74, 6) is 1.74. The molecule has 0 spiro atoms. The third-order valence-electron chi connectivity index (χ3n) is 4.73. The Morgan fingerprint density at radius 3 is 2.44 bits per heavy atom. The van der Waals surface area contributed by atoms with Crippen LogP contribution < -0.4 is 9.80 Å². The highest BCUT2D eigenvalue weighted by Gasteiger charge is 2.19. The Morgan fingerprint density at radius 1 is 0.920 bits per heavy atom. The van der Waals surface area contributed by atoms with Gasteiger partial charge in [-0.3, -0.25) is 0 Å². The molecule has 0 unspecified atom stereocenters. The van der Waals surface area contributed by atoms with Gasteiger partial charge >= 0.3 is 0 Å². The summed E-state index contributed by atoms with van der Waals surface area (Å²) in [5.41, 5.74) is 4.92. The SMILES string of the molecule is Cc1cc(N(C)c2ccccc2)nc(N2CCc3ccccc3C2)n1. The minimum atomic E-state index is 0.812. The van der Waals surface area contributed by atoms with Gasteiger partial charge in [0.05, 0.1) is 0 Å². The second-order valence-electron chi connectivity index (χ2n) is 6.50. The molecule has 4 heteroatoms. The van der Waals surface area contributed by atoms with Crippen molar-refractivity contribution < 1.29 is 0 Å². The van der Waals surface area contributed by atoms with Crippen molar-refractivity contribution in [2.45, 2.75) is 19.9 Å². The lowest BCUT2D eigenvalue weighted by Gasteiger charge is -2.30. The van der Waals surface area contributed by atoms with Gasteiger partial charge in [0.1, 0.15) is 5.82 Å². The minimum absolute atomic E-state index is 0.812. The smallest absolute Gasteiger partial charge is 0.227 e. The van der Waals surface area contributed by atoms with Crippen LogP contribution in [0.4, 0.5) is 17.5 Å². The van der Waals surface area contributed by atoms with Crippen LogP contribution in [0.2, 0.25) is 0 Å². The van der Waals surface area contributed by atoms with Crippen molar-refractivity contribution in [3.63, 3.8) is 0 Å². The van der Waals surface area contributed by atoms with E-state index in [1.165, 1.54) is 11.1 Å². The predicted molar refractivity (Wildman–Crippen MR) is 102 cm³/mol. The van der Waals surface area contributed by atoms with E-state index < -0.39 is 0 Å². The predicted octanol–water partition coefficient (Wildman–Crippen LogP) is 4.12. The maximum absolute atomic E-state index is 4.85. The highest BCUT2D eigenvalue weighted by atomic mass is 15.3. The van der Waals surface area contributed by atoms with Crippen LogP contribution in [-0.2, 0) is 13.0 Å². The molecule has 0 aliphatic carbocycles. The summed E-state index contributed by atoms with van der Waals surface area (Å²) in [5, 5.41) is 0. The van der Waals surface area contributed by atoms with Crippen molar-refractivity contribution in [1.29, 1.82) is 0 Å². The molecule has 4 nitrogen and oxygen atoms in total. The molecular formula is C21H22N4. The topological polar surface area (TPSA) is 32.3 Å². The number of aromatic nitrogens is 2. The average Bonchev–Trinajstić information content (AvgIpc) is 2.67. The van der Waals surface area contributed by atoms with E-state index >= 15 is 0 Å². The molecule has 2 aromatic carbocycles. The third kappa shape index (κ3) is 3.20. The van der Waals surface area contributed by atoms with Crippen LogP contribution in [0.3, 0.4) is 0 Å². The van der Waals surface area contributed by atoms with Crippen LogP contribution in [0, 0.1) is 6.92 Å². The number of hydrogen-bond donors (Lipinski definition) is 0. The number of rotatable bonds is 3.